The SMILES string of the molecule is CC[C@H](C)NC(=O)[C@@H](Cc1ccccc1)N(Cc1cccc(OC)c1)C(=O)CN(c1ccc(Cl)cc1)S(=O)(=O)c1ccc(C)cc1. The van der Waals surface area contributed by atoms with Crippen molar-refractivity contribution in [1.82, 2.24) is 10.2 Å². The number of nitrogens with one attached hydrogen (secondary N) is 1. The molecule has 2 amide bonds. The zero-order valence-corrected chi connectivity index (χ0v) is 28.1. The van der Waals surface area contributed by atoms with Gasteiger partial charge in [-0.2, -0.15) is 0 Å². The van der Waals surface area contributed by atoms with Gasteiger partial charge in [0.15, 0.2) is 0 Å². The monoisotopic (exact) mass is 661 g/mol. The Hall–Kier alpha value is -4.34. The number of hydrogen-bond acceptors (Lipinski definition) is 5. The Labute approximate surface area is 277 Å². The van der Waals surface area contributed by atoms with Gasteiger partial charge in [0.1, 0.15) is 18.3 Å². The van der Waals surface area contributed by atoms with E-state index in [2.05, 4.69) is 5.32 Å². The molecule has 46 heavy (non-hydrogen) atoms. The first-order chi connectivity index (χ1) is 22.0. The second kappa shape index (κ2) is 15.8. The second-order valence-corrected chi connectivity index (χ2v) is 13.5. The van der Waals surface area contributed by atoms with E-state index in [4.69, 9.17) is 16.3 Å². The molecule has 4 aromatic carbocycles. The normalized spacial score (nSPS) is 12.5. The fraction of sp³-hybridized carbons (Fsp3) is 0.278. The average Bonchev–Trinajstić information content (AvgIpc) is 3.06. The highest BCUT2D eigenvalue weighted by Gasteiger charge is 2.35. The molecule has 0 unspecified atom stereocenters. The summed E-state index contributed by atoms with van der Waals surface area (Å²) in [5, 5.41) is 3.47. The van der Waals surface area contributed by atoms with Gasteiger partial charge in [-0.25, -0.2) is 8.42 Å². The van der Waals surface area contributed by atoms with E-state index in [0.717, 1.165) is 21.0 Å². The van der Waals surface area contributed by atoms with Crippen LogP contribution >= 0.6 is 11.6 Å². The molecular weight excluding hydrogens is 622 g/mol. The molecule has 4 rings (SSSR count). The number of amides is 2. The van der Waals surface area contributed by atoms with Crippen LogP contribution in [-0.2, 0) is 32.6 Å². The highest BCUT2D eigenvalue weighted by atomic mass is 35.5. The molecule has 0 bridgehead atoms. The molecule has 10 heteroatoms. The number of nitrogens with zero attached hydrogens (tertiary/aromatic N) is 2. The van der Waals surface area contributed by atoms with Crippen molar-refractivity contribution in [3.63, 3.8) is 0 Å². The Morgan fingerprint density at radius 1 is 0.891 bits per heavy atom. The van der Waals surface area contributed by atoms with Gasteiger partial charge >= 0.3 is 0 Å². The van der Waals surface area contributed by atoms with E-state index in [-0.39, 0.29) is 35.5 Å². The number of hydrogen-bond donors (Lipinski definition) is 1. The van der Waals surface area contributed by atoms with Crippen molar-refractivity contribution in [2.24, 2.45) is 0 Å². The van der Waals surface area contributed by atoms with E-state index in [1.807, 2.05) is 63.2 Å². The molecule has 0 aliphatic rings. The van der Waals surface area contributed by atoms with Crippen molar-refractivity contribution in [3.8, 4) is 5.75 Å². The van der Waals surface area contributed by atoms with Crippen molar-refractivity contribution < 1.29 is 22.7 Å². The molecule has 1 N–H and O–H groups in total. The second-order valence-electron chi connectivity index (χ2n) is 11.2. The average molecular weight is 662 g/mol. The third kappa shape index (κ3) is 8.89. The van der Waals surface area contributed by atoms with Crippen LogP contribution in [-0.4, -0.2) is 50.9 Å². The summed E-state index contributed by atoms with van der Waals surface area (Å²) < 4.78 is 34.8. The van der Waals surface area contributed by atoms with Crippen LogP contribution in [0.15, 0.2) is 108 Å². The Morgan fingerprint density at radius 3 is 2.17 bits per heavy atom. The van der Waals surface area contributed by atoms with Gasteiger partial charge < -0.3 is 15.0 Å². The molecule has 8 nitrogen and oxygen atoms in total. The number of halogens is 1. The fourth-order valence-electron chi connectivity index (χ4n) is 4.94. The molecular formula is C36H40ClN3O5S. The van der Waals surface area contributed by atoms with Crippen molar-refractivity contribution in [2.45, 2.75) is 57.1 Å². The molecule has 0 aliphatic heterocycles. The van der Waals surface area contributed by atoms with Crippen LogP contribution in [0, 0.1) is 6.92 Å². The van der Waals surface area contributed by atoms with E-state index in [0.29, 0.717) is 17.2 Å². The van der Waals surface area contributed by atoms with E-state index >= 15 is 0 Å². The van der Waals surface area contributed by atoms with Gasteiger partial charge in [-0.1, -0.05) is 78.7 Å². The number of rotatable bonds is 14. The molecule has 4 aromatic rings. The van der Waals surface area contributed by atoms with Crippen LogP contribution in [0.1, 0.15) is 37.0 Å². The van der Waals surface area contributed by atoms with Crippen LogP contribution in [0.3, 0.4) is 0 Å². The first-order valence-corrected chi connectivity index (χ1v) is 16.9. The lowest BCUT2D eigenvalue weighted by molar-refractivity contribution is -0.140. The lowest BCUT2D eigenvalue weighted by Crippen LogP contribution is -2.54. The minimum Gasteiger partial charge on any atom is -0.497 e. The molecule has 0 aliphatic carbocycles. The summed E-state index contributed by atoms with van der Waals surface area (Å²) in [6.07, 6.45) is 0.928. The number of carbonyl (C=O) groups excluding carboxylic acids is 2. The Bertz CT molecular complexity index is 1720. The molecule has 2 atom stereocenters. The van der Waals surface area contributed by atoms with Crippen LogP contribution in [0.2, 0.25) is 5.02 Å². The fourth-order valence-corrected chi connectivity index (χ4v) is 6.48. The molecule has 0 saturated carbocycles. The predicted octanol–water partition coefficient (Wildman–Crippen LogP) is 6.41. The molecule has 0 aromatic heterocycles. The third-order valence-electron chi connectivity index (χ3n) is 7.76. The largest absolute Gasteiger partial charge is 0.497 e. The predicted molar refractivity (Wildman–Crippen MR) is 183 cm³/mol. The molecule has 0 heterocycles. The van der Waals surface area contributed by atoms with Crippen LogP contribution in [0.25, 0.3) is 0 Å². The number of carbonyl (C=O) groups is 2. The topological polar surface area (TPSA) is 96.0 Å². The van der Waals surface area contributed by atoms with Gasteiger partial charge in [-0.15, -0.1) is 0 Å². The van der Waals surface area contributed by atoms with Crippen molar-refractivity contribution in [1.29, 1.82) is 0 Å². The van der Waals surface area contributed by atoms with E-state index in [1.54, 1.807) is 55.6 Å². The van der Waals surface area contributed by atoms with Crippen LogP contribution < -0.4 is 14.4 Å². The number of aryl methyl sites for hydroxylation is 1. The highest BCUT2D eigenvalue weighted by Crippen LogP contribution is 2.27. The van der Waals surface area contributed by atoms with Gasteiger partial charge in [0.05, 0.1) is 17.7 Å². The summed E-state index contributed by atoms with van der Waals surface area (Å²) in [4.78, 5) is 30.0. The van der Waals surface area contributed by atoms with Crippen LogP contribution in [0.5, 0.6) is 5.75 Å². The number of benzene rings is 4. The van der Waals surface area contributed by atoms with Crippen LogP contribution in [0.4, 0.5) is 5.69 Å². The first kappa shape index (κ1) is 34.5. The zero-order chi connectivity index (χ0) is 33.3. The first-order valence-electron chi connectivity index (χ1n) is 15.1. The minimum atomic E-state index is -4.20. The third-order valence-corrected chi connectivity index (χ3v) is 9.80. The Morgan fingerprint density at radius 2 is 1.54 bits per heavy atom. The maximum Gasteiger partial charge on any atom is 0.264 e. The van der Waals surface area contributed by atoms with Crippen molar-refractivity contribution >= 4 is 39.1 Å². The molecule has 0 radical (unpaired) electrons. The van der Waals surface area contributed by atoms with E-state index in [1.165, 1.54) is 17.0 Å². The van der Waals surface area contributed by atoms with Gasteiger partial charge in [-0.05, 0) is 79.9 Å². The molecule has 0 fully saturated rings. The minimum absolute atomic E-state index is 0.0375. The number of anilines is 1. The lowest BCUT2D eigenvalue weighted by Gasteiger charge is -2.34. The maximum atomic E-state index is 14.6. The molecule has 242 valence electrons. The Kier molecular flexibility index (Phi) is 11.8. The lowest BCUT2D eigenvalue weighted by atomic mass is 10.0. The van der Waals surface area contributed by atoms with Gasteiger partial charge in [0, 0.05) is 24.0 Å². The molecule has 0 spiro atoms. The number of sulfonamides is 1. The van der Waals surface area contributed by atoms with Gasteiger partial charge in [0.2, 0.25) is 11.8 Å². The summed E-state index contributed by atoms with van der Waals surface area (Å²) in [5.74, 6) is -0.277. The summed E-state index contributed by atoms with van der Waals surface area (Å²) in [7, 11) is -2.65. The van der Waals surface area contributed by atoms with Gasteiger partial charge in [-0.3, -0.25) is 13.9 Å². The zero-order valence-electron chi connectivity index (χ0n) is 26.5. The highest BCUT2D eigenvalue weighted by molar-refractivity contribution is 7.92. The number of methoxy groups -OCH3 is 1. The molecule has 0 saturated heterocycles. The van der Waals surface area contributed by atoms with Crippen molar-refractivity contribution in [2.75, 3.05) is 18.0 Å². The Balaban J connectivity index is 1.81. The van der Waals surface area contributed by atoms with Crippen molar-refractivity contribution in [3.05, 3.63) is 125 Å². The summed E-state index contributed by atoms with van der Waals surface area (Å²) >= 11 is 6.15. The van der Waals surface area contributed by atoms with E-state index < -0.39 is 28.5 Å². The van der Waals surface area contributed by atoms with E-state index in [9.17, 15) is 18.0 Å². The summed E-state index contributed by atoms with van der Waals surface area (Å²) in [5.41, 5.74) is 2.75. The summed E-state index contributed by atoms with van der Waals surface area (Å²) in [6.45, 7) is 5.23. The summed E-state index contributed by atoms with van der Waals surface area (Å²) in [6, 6.07) is 28.3. The standard InChI is InChI=1S/C36H40ClN3O5S/c1-5-27(3)38-36(42)34(23-28-10-7-6-8-11-28)39(24-29-12-9-13-32(22-29)45-4)35(41)25-40(31-18-16-30(37)17-19-31)46(43,44)33-20-14-26(2)15-21-33/h6-22,27,34H,5,23-25H2,1-4H3,(H,38,42)/t27-,34+/m0/s1. The maximum absolute atomic E-state index is 14.6. The smallest absolute Gasteiger partial charge is 0.264 e. The van der Waals surface area contributed by atoms with Gasteiger partial charge in [0.25, 0.3) is 10.0 Å². The quantitative estimate of drug-likeness (QED) is 0.169. The number of ether oxygens (including phenoxy) is 1.